The lowest BCUT2D eigenvalue weighted by molar-refractivity contribution is -0.127. The monoisotopic (exact) mass is 235 g/mol. The van der Waals surface area contributed by atoms with Crippen LogP contribution in [0.3, 0.4) is 0 Å². The molecule has 1 aromatic carbocycles. The van der Waals surface area contributed by atoms with E-state index in [1.165, 1.54) is 12.1 Å². The van der Waals surface area contributed by atoms with Gasteiger partial charge in [0.05, 0.1) is 0 Å². The van der Waals surface area contributed by atoms with E-state index in [0.29, 0.717) is 6.42 Å². The summed E-state index contributed by atoms with van der Waals surface area (Å²) in [4.78, 5) is 12.3. The van der Waals surface area contributed by atoms with Crippen molar-refractivity contribution in [3.63, 3.8) is 0 Å². The van der Waals surface area contributed by atoms with Crippen molar-refractivity contribution in [3.05, 3.63) is 35.6 Å². The second kappa shape index (κ2) is 4.96. The van der Waals surface area contributed by atoms with Crippen molar-refractivity contribution < 1.29 is 9.18 Å². The van der Waals surface area contributed by atoms with Gasteiger partial charge in [-0.1, -0.05) is 19.1 Å². The van der Waals surface area contributed by atoms with Crippen LogP contribution in [0.2, 0.25) is 0 Å². The third kappa shape index (κ3) is 2.55. The minimum Gasteiger partial charge on any atom is -0.316 e. The van der Waals surface area contributed by atoms with E-state index in [4.69, 9.17) is 0 Å². The third-order valence-electron chi connectivity index (χ3n) is 3.77. The highest BCUT2D eigenvalue weighted by Crippen LogP contribution is 2.31. The summed E-state index contributed by atoms with van der Waals surface area (Å²) in [5, 5.41) is 3.25. The zero-order valence-corrected chi connectivity index (χ0v) is 10.1. The minimum atomic E-state index is -0.273. The van der Waals surface area contributed by atoms with Gasteiger partial charge in [-0.05, 0) is 37.1 Å². The molecule has 3 heteroatoms. The molecule has 92 valence electrons. The molecule has 0 aromatic heterocycles. The quantitative estimate of drug-likeness (QED) is 0.867. The van der Waals surface area contributed by atoms with Gasteiger partial charge in [-0.2, -0.15) is 0 Å². The van der Waals surface area contributed by atoms with E-state index in [0.717, 1.165) is 31.5 Å². The molecule has 0 radical (unpaired) electrons. The Hall–Kier alpha value is -1.22. The molecule has 2 nitrogen and oxygen atoms in total. The average Bonchev–Trinajstić information content (AvgIpc) is 2.78. The molecular weight excluding hydrogens is 217 g/mol. The van der Waals surface area contributed by atoms with Crippen molar-refractivity contribution >= 4 is 5.78 Å². The Balaban J connectivity index is 2.10. The van der Waals surface area contributed by atoms with Gasteiger partial charge < -0.3 is 5.32 Å². The number of carbonyl (C=O) groups is 1. The summed E-state index contributed by atoms with van der Waals surface area (Å²) in [6.07, 6.45) is 2.10. The number of hydrogen-bond acceptors (Lipinski definition) is 2. The largest absolute Gasteiger partial charge is 0.316 e. The Labute approximate surface area is 101 Å². The summed E-state index contributed by atoms with van der Waals surface area (Å²) in [5.74, 6) is -0.0407. The van der Waals surface area contributed by atoms with Crippen molar-refractivity contribution in [2.75, 3.05) is 13.1 Å². The molecule has 17 heavy (non-hydrogen) atoms. The van der Waals surface area contributed by atoms with Crippen LogP contribution in [-0.4, -0.2) is 18.9 Å². The Morgan fingerprint density at radius 2 is 2.35 bits per heavy atom. The second-order valence-electron chi connectivity index (χ2n) is 4.79. The molecule has 1 fully saturated rings. The lowest BCUT2D eigenvalue weighted by Crippen LogP contribution is -2.34. The lowest BCUT2D eigenvalue weighted by atomic mass is 9.78. The van der Waals surface area contributed by atoms with Crippen LogP contribution in [0.25, 0.3) is 0 Å². The standard InChI is InChI=1S/C14H18FNO/c1-2-14(6-7-16-10-14)13(17)9-11-4-3-5-12(15)8-11/h3-5,8,16H,2,6-7,9-10H2,1H3. The Bertz CT molecular complexity index is 410. The predicted molar refractivity (Wildman–Crippen MR) is 65.3 cm³/mol. The molecule has 0 amide bonds. The van der Waals surface area contributed by atoms with Crippen molar-refractivity contribution in [2.24, 2.45) is 5.41 Å². The first kappa shape index (κ1) is 12.2. The normalized spacial score (nSPS) is 23.9. The molecule has 0 aliphatic carbocycles. The third-order valence-corrected chi connectivity index (χ3v) is 3.77. The van der Waals surface area contributed by atoms with E-state index < -0.39 is 0 Å². The Morgan fingerprint density at radius 3 is 2.94 bits per heavy atom. The summed E-state index contributed by atoms with van der Waals surface area (Å²) < 4.78 is 13.0. The predicted octanol–water partition coefficient (Wildman–Crippen LogP) is 2.33. The molecule has 0 bridgehead atoms. The van der Waals surface area contributed by atoms with Gasteiger partial charge in [0.25, 0.3) is 0 Å². The summed E-state index contributed by atoms with van der Waals surface area (Å²) in [7, 11) is 0. The van der Waals surface area contributed by atoms with Crippen LogP contribution in [0.15, 0.2) is 24.3 Å². The molecule has 1 unspecified atom stereocenters. The molecular formula is C14H18FNO. The summed E-state index contributed by atoms with van der Waals surface area (Å²) >= 11 is 0. The first-order valence-electron chi connectivity index (χ1n) is 6.15. The molecule has 0 spiro atoms. The van der Waals surface area contributed by atoms with Gasteiger partial charge in [0.15, 0.2) is 0 Å². The lowest BCUT2D eigenvalue weighted by Gasteiger charge is -2.24. The average molecular weight is 235 g/mol. The van der Waals surface area contributed by atoms with Crippen molar-refractivity contribution in [2.45, 2.75) is 26.2 Å². The van der Waals surface area contributed by atoms with E-state index in [-0.39, 0.29) is 17.0 Å². The topological polar surface area (TPSA) is 29.1 Å². The van der Waals surface area contributed by atoms with Crippen LogP contribution in [0.4, 0.5) is 4.39 Å². The maximum atomic E-state index is 13.0. The van der Waals surface area contributed by atoms with Crippen molar-refractivity contribution in [3.8, 4) is 0 Å². The summed E-state index contributed by atoms with van der Waals surface area (Å²) in [5.41, 5.74) is 0.543. The smallest absolute Gasteiger partial charge is 0.144 e. The van der Waals surface area contributed by atoms with E-state index in [2.05, 4.69) is 12.2 Å². The van der Waals surface area contributed by atoms with Crippen LogP contribution in [0, 0.1) is 11.2 Å². The summed E-state index contributed by atoms with van der Waals surface area (Å²) in [6.45, 7) is 3.72. The highest BCUT2D eigenvalue weighted by atomic mass is 19.1. The van der Waals surface area contributed by atoms with Gasteiger partial charge in [0.2, 0.25) is 0 Å². The molecule has 0 saturated carbocycles. The fourth-order valence-corrected chi connectivity index (χ4v) is 2.50. The first-order valence-corrected chi connectivity index (χ1v) is 6.15. The van der Waals surface area contributed by atoms with E-state index in [9.17, 15) is 9.18 Å². The van der Waals surface area contributed by atoms with Gasteiger partial charge in [-0.25, -0.2) is 4.39 Å². The van der Waals surface area contributed by atoms with Gasteiger partial charge in [0, 0.05) is 18.4 Å². The zero-order valence-electron chi connectivity index (χ0n) is 10.1. The number of hydrogen-bond donors (Lipinski definition) is 1. The van der Waals surface area contributed by atoms with Gasteiger partial charge in [-0.3, -0.25) is 4.79 Å². The molecule has 1 saturated heterocycles. The van der Waals surface area contributed by atoms with Gasteiger partial charge in [0.1, 0.15) is 11.6 Å². The number of Topliss-reactive ketones (excluding diaryl/α,β-unsaturated/α-hetero) is 1. The zero-order chi connectivity index (χ0) is 12.3. The maximum absolute atomic E-state index is 13.0. The number of ketones is 1. The van der Waals surface area contributed by atoms with Gasteiger partial charge in [-0.15, -0.1) is 0 Å². The molecule has 1 heterocycles. The fraction of sp³-hybridized carbons (Fsp3) is 0.500. The molecule has 1 N–H and O–H groups in total. The highest BCUT2D eigenvalue weighted by Gasteiger charge is 2.38. The van der Waals surface area contributed by atoms with Crippen LogP contribution < -0.4 is 5.32 Å². The number of nitrogens with one attached hydrogen (secondary N) is 1. The Kier molecular flexibility index (Phi) is 3.57. The fourth-order valence-electron chi connectivity index (χ4n) is 2.50. The number of rotatable bonds is 4. The van der Waals surface area contributed by atoms with Crippen molar-refractivity contribution in [1.82, 2.24) is 5.32 Å². The summed E-state index contributed by atoms with van der Waals surface area (Å²) in [6, 6.07) is 6.32. The van der Waals surface area contributed by atoms with Gasteiger partial charge >= 0.3 is 0 Å². The molecule has 2 rings (SSSR count). The van der Waals surface area contributed by atoms with E-state index >= 15 is 0 Å². The SMILES string of the molecule is CCC1(C(=O)Cc2cccc(F)c2)CCNC1. The van der Waals surface area contributed by atoms with Crippen LogP contribution >= 0.6 is 0 Å². The van der Waals surface area contributed by atoms with Crippen LogP contribution in [0.5, 0.6) is 0 Å². The maximum Gasteiger partial charge on any atom is 0.144 e. The number of benzene rings is 1. The van der Waals surface area contributed by atoms with Crippen molar-refractivity contribution in [1.29, 1.82) is 0 Å². The van der Waals surface area contributed by atoms with E-state index in [1.807, 2.05) is 6.07 Å². The van der Waals surface area contributed by atoms with Crippen LogP contribution in [-0.2, 0) is 11.2 Å². The molecule has 1 aliphatic heterocycles. The minimum absolute atomic E-state index is 0.230. The molecule has 1 aliphatic rings. The van der Waals surface area contributed by atoms with Crippen LogP contribution in [0.1, 0.15) is 25.3 Å². The number of halogens is 1. The second-order valence-corrected chi connectivity index (χ2v) is 4.79. The molecule has 1 aromatic rings. The first-order chi connectivity index (χ1) is 8.16. The highest BCUT2D eigenvalue weighted by molar-refractivity contribution is 5.87. The Morgan fingerprint density at radius 1 is 1.53 bits per heavy atom. The molecule has 1 atom stereocenters. The van der Waals surface area contributed by atoms with E-state index in [1.54, 1.807) is 6.07 Å². The number of carbonyl (C=O) groups excluding carboxylic acids is 1.